The van der Waals surface area contributed by atoms with Crippen LogP contribution in [0.5, 0.6) is 0 Å². The Balaban J connectivity index is 3.26. The second-order valence-electron chi connectivity index (χ2n) is 3.99. The SMILES string of the molecule is CN(C)c1ccc([C@@H](N)CCO)c(F)c1C#N. The van der Waals surface area contributed by atoms with Crippen LogP contribution in [0.3, 0.4) is 0 Å². The third-order valence-corrected chi connectivity index (χ3v) is 2.58. The van der Waals surface area contributed by atoms with Gasteiger partial charge >= 0.3 is 0 Å². The van der Waals surface area contributed by atoms with Crippen LogP contribution in [0, 0.1) is 17.1 Å². The van der Waals surface area contributed by atoms with Gasteiger partial charge in [-0.15, -0.1) is 0 Å². The van der Waals surface area contributed by atoms with E-state index in [4.69, 9.17) is 16.1 Å². The normalized spacial score (nSPS) is 12.0. The van der Waals surface area contributed by atoms with Crippen molar-refractivity contribution in [2.75, 3.05) is 25.6 Å². The van der Waals surface area contributed by atoms with Gasteiger partial charge in [0.2, 0.25) is 0 Å². The molecule has 0 radical (unpaired) electrons. The first-order valence-electron chi connectivity index (χ1n) is 5.29. The average Bonchev–Trinajstić information content (AvgIpc) is 2.28. The van der Waals surface area contributed by atoms with E-state index in [2.05, 4.69) is 0 Å². The van der Waals surface area contributed by atoms with Crippen LogP contribution in [-0.2, 0) is 0 Å². The Labute approximate surface area is 100 Å². The third kappa shape index (κ3) is 2.73. The first-order valence-corrected chi connectivity index (χ1v) is 5.29. The van der Waals surface area contributed by atoms with Gasteiger partial charge in [-0.25, -0.2) is 4.39 Å². The van der Waals surface area contributed by atoms with Crippen LogP contribution in [0.15, 0.2) is 12.1 Å². The molecule has 0 saturated heterocycles. The van der Waals surface area contributed by atoms with Gasteiger partial charge in [-0.1, -0.05) is 6.07 Å². The number of nitrogens with zero attached hydrogens (tertiary/aromatic N) is 2. The minimum absolute atomic E-state index is 0.0131. The first kappa shape index (κ1) is 13.4. The van der Waals surface area contributed by atoms with Gasteiger partial charge in [-0.3, -0.25) is 0 Å². The highest BCUT2D eigenvalue weighted by molar-refractivity contribution is 5.60. The number of halogens is 1. The number of nitriles is 1. The standard InChI is InChI=1S/C12H16FN3O/c1-16(2)11-4-3-8(10(15)5-6-17)12(13)9(11)7-14/h3-4,10,17H,5-6,15H2,1-2H3/t10-/m0/s1. The van der Waals surface area contributed by atoms with Crippen LogP contribution in [0.1, 0.15) is 23.6 Å². The molecule has 17 heavy (non-hydrogen) atoms. The number of nitrogens with two attached hydrogens (primary N) is 1. The number of hydrogen-bond donors (Lipinski definition) is 2. The lowest BCUT2D eigenvalue weighted by Crippen LogP contribution is -2.17. The van der Waals surface area contributed by atoms with Crippen molar-refractivity contribution in [3.05, 3.63) is 29.1 Å². The molecule has 0 unspecified atom stereocenters. The highest BCUT2D eigenvalue weighted by Gasteiger charge is 2.18. The lowest BCUT2D eigenvalue weighted by molar-refractivity contribution is 0.275. The van der Waals surface area contributed by atoms with Gasteiger partial charge in [0.25, 0.3) is 0 Å². The average molecular weight is 237 g/mol. The fourth-order valence-electron chi connectivity index (χ4n) is 1.64. The Morgan fingerprint density at radius 3 is 2.65 bits per heavy atom. The summed E-state index contributed by atoms with van der Waals surface area (Å²) >= 11 is 0. The van der Waals surface area contributed by atoms with Gasteiger partial charge in [0.05, 0.1) is 5.69 Å². The maximum Gasteiger partial charge on any atom is 0.147 e. The van der Waals surface area contributed by atoms with Crippen molar-refractivity contribution in [2.45, 2.75) is 12.5 Å². The molecule has 0 spiro atoms. The van der Waals surface area contributed by atoms with Gasteiger partial charge in [-0.2, -0.15) is 5.26 Å². The molecule has 0 aliphatic carbocycles. The van der Waals surface area contributed by atoms with E-state index in [-0.39, 0.29) is 24.2 Å². The van der Waals surface area contributed by atoms with E-state index in [1.807, 2.05) is 6.07 Å². The summed E-state index contributed by atoms with van der Waals surface area (Å²) in [6.45, 7) is -0.113. The van der Waals surface area contributed by atoms with Crippen molar-refractivity contribution in [2.24, 2.45) is 5.73 Å². The maximum absolute atomic E-state index is 14.1. The van der Waals surface area contributed by atoms with Gasteiger partial charge < -0.3 is 15.7 Å². The van der Waals surface area contributed by atoms with Crippen LogP contribution in [0.2, 0.25) is 0 Å². The minimum atomic E-state index is -0.598. The highest BCUT2D eigenvalue weighted by atomic mass is 19.1. The van der Waals surface area contributed by atoms with Gasteiger partial charge in [0.15, 0.2) is 0 Å². The fraction of sp³-hybridized carbons (Fsp3) is 0.417. The van der Waals surface area contributed by atoms with Gasteiger partial charge in [-0.05, 0) is 12.5 Å². The number of aliphatic hydroxyl groups is 1. The zero-order valence-electron chi connectivity index (χ0n) is 9.94. The summed E-state index contributed by atoms with van der Waals surface area (Å²) in [5.74, 6) is -0.598. The summed E-state index contributed by atoms with van der Waals surface area (Å²) in [7, 11) is 3.48. The maximum atomic E-state index is 14.1. The number of benzene rings is 1. The first-order chi connectivity index (χ1) is 8.02. The van der Waals surface area contributed by atoms with Crippen molar-refractivity contribution in [1.82, 2.24) is 0 Å². The molecule has 0 aromatic heterocycles. The van der Waals surface area contributed by atoms with Crippen molar-refractivity contribution in [3.63, 3.8) is 0 Å². The summed E-state index contributed by atoms with van der Waals surface area (Å²) in [4.78, 5) is 1.67. The minimum Gasteiger partial charge on any atom is -0.396 e. The summed E-state index contributed by atoms with van der Waals surface area (Å²) < 4.78 is 14.1. The molecule has 0 bridgehead atoms. The highest BCUT2D eigenvalue weighted by Crippen LogP contribution is 2.27. The van der Waals surface area contributed by atoms with Crippen molar-refractivity contribution < 1.29 is 9.50 Å². The van der Waals surface area contributed by atoms with Gasteiger partial charge in [0.1, 0.15) is 17.4 Å². The molecule has 5 heteroatoms. The molecule has 0 heterocycles. The van der Waals surface area contributed by atoms with Crippen LogP contribution < -0.4 is 10.6 Å². The van der Waals surface area contributed by atoms with Crippen LogP contribution >= 0.6 is 0 Å². The van der Waals surface area contributed by atoms with Gasteiger partial charge in [0, 0.05) is 32.3 Å². The molecule has 0 aliphatic rings. The number of anilines is 1. The Morgan fingerprint density at radius 1 is 1.53 bits per heavy atom. The van der Waals surface area contributed by atoms with Crippen molar-refractivity contribution >= 4 is 5.69 Å². The molecule has 0 saturated carbocycles. The lowest BCUT2D eigenvalue weighted by Gasteiger charge is -2.18. The summed E-state index contributed by atoms with van der Waals surface area (Å²) in [5, 5.41) is 17.8. The molecule has 0 fully saturated rings. The summed E-state index contributed by atoms with van der Waals surface area (Å²) in [5.41, 5.74) is 6.50. The Kier molecular flexibility index (Phi) is 4.44. The van der Waals surface area contributed by atoms with Crippen molar-refractivity contribution in [1.29, 1.82) is 5.26 Å². The lowest BCUT2D eigenvalue weighted by atomic mass is 10.00. The van der Waals surface area contributed by atoms with E-state index in [0.29, 0.717) is 5.69 Å². The molecule has 92 valence electrons. The van der Waals surface area contributed by atoms with E-state index in [9.17, 15) is 4.39 Å². The molecule has 0 aliphatic heterocycles. The Hall–Kier alpha value is -1.64. The Morgan fingerprint density at radius 2 is 2.18 bits per heavy atom. The van der Waals surface area contributed by atoms with E-state index in [0.717, 1.165) is 0 Å². The zero-order valence-corrected chi connectivity index (χ0v) is 9.94. The van der Waals surface area contributed by atoms with E-state index < -0.39 is 11.9 Å². The molecular weight excluding hydrogens is 221 g/mol. The third-order valence-electron chi connectivity index (χ3n) is 2.58. The predicted octanol–water partition coefficient (Wildman–Crippen LogP) is 1.15. The smallest absolute Gasteiger partial charge is 0.147 e. The van der Waals surface area contributed by atoms with E-state index >= 15 is 0 Å². The number of aliphatic hydroxyl groups excluding tert-OH is 1. The molecule has 3 N–H and O–H groups in total. The number of rotatable bonds is 4. The molecule has 1 aromatic carbocycles. The fourth-order valence-corrected chi connectivity index (χ4v) is 1.64. The number of hydrogen-bond acceptors (Lipinski definition) is 4. The monoisotopic (exact) mass is 237 g/mol. The quantitative estimate of drug-likeness (QED) is 0.823. The van der Waals surface area contributed by atoms with Crippen molar-refractivity contribution in [3.8, 4) is 6.07 Å². The molecule has 4 nitrogen and oxygen atoms in total. The molecule has 0 amide bonds. The van der Waals surface area contributed by atoms with E-state index in [1.165, 1.54) is 0 Å². The topological polar surface area (TPSA) is 73.3 Å². The van der Waals surface area contributed by atoms with Crippen LogP contribution in [0.4, 0.5) is 10.1 Å². The predicted molar refractivity (Wildman–Crippen MR) is 64.1 cm³/mol. The summed E-state index contributed by atoms with van der Waals surface area (Å²) in [6.07, 6.45) is 0.267. The zero-order chi connectivity index (χ0) is 13.0. The largest absolute Gasteiger partial charge is 0.396 e. The molecular formula is C12H16FN3O. The Bertz CT molecular complexity index is 440. The van der Waals surface area contributed by atoms with Crippen LogP contribution in [0.25, 0.3) is 0 Å². The molecule has 1 aromatic rings. The van der Waals surface area contributed by atoms with Crippen LogP contribution in [-0.4, -0.2) is 25.8 Å². The summed E-state index contributed by atoms with van der Waals surface area (Å²) in [6, 6.07) is 4.48. The second kappa shape index (κ2) is 5.62. The second-order valence-corrected chi connectivity index (χ2v) is 3.99. The van der Waals surface area contributed by atoms with E-state index in [1.54, 1.807) is 31.1 Å². The molecule has 1 rings (SSSR count). The molecule has 1 atom stereocenters.